The molecule has 0 saturated heterocycles. The lowest BCUT2D eigenvalue weighted by Crippen LogP contribution is -2.04. The van der Waals surface area contributed by atoms with Crippen LogP contribution in [0.1, 0.15) is 16.8 Å². The molecule has 3 N–H and O–H groups in total. The monoisotopic (exact) mass is 503 g/mol. The van der Waals surface area contributed by atoms with Gasteiger partial charge in [0.25, 0.3) is 0 Å². The smallest absolute Gasteiger partial charge is 0.193 e. The first-order valence-corrected chi connectivity index (χ1v) is 11.5. The van der Waals surface area contributed by atoms with E-state index in [0.29, 0.717) is 39.5 Å². The van der Waals surface area contributed by atoms with Gasteiger partial charge in [-0.05, 0) is 42.8 Å². The first-order chi connectivity index (χ1) is 18.5. The third kappa shape index (κ3) is 4.07. The SMILES string of the molecule is Cc1c(C#N)cccc1-c1nc(N)c(F)c(-c2cn(Cc3cccc(-c4nc5ncccc5[nH]4)n3)nn2)n1. The minimum atomic E-state index is -0.798. The fourth-order valence-electron chi connectivity index (χ4n) is 4.07. The number of fused-ring (bicyclic) bond motifs is 1. The number of nitrogens with two attached hydrogens (primary N) is 1. The minimum Gasteiger partial charge on any atom is -0.381 e. The molecule has 0 bridgehead atoms. The van der Waals surface area contributed by atoms with Gasteiger partial charge in [-0.25, -0.2) is 34.0 Å². The summed E-state index contributed by atoms with van der Waals surface area (Å²) in [6, 6.07) is 16.6. The van der Waals surface area contributed by atoms with Crippen LogP contribution in [0.2, 0.25) is 0 Å². The van der Waals surface area contributed by atoms with E-state index in [0.717, 1.165) is 5.52 Å². The van der Waals surface area contributed by atoms with Gasteiger partial charge in [0.05, 0.1) is 35.6 Å². The highest BCUT2D eigenvalue weighted by Gasteiger charge is 2.20. The molecular weight excluding hydrogens is 485 g/mol. The Labute approximate surface area is 214 Å². The lowest BCUT2D eigenvalue weighted by molar-refractivity contribution is 0.623. The number of nitrogens with zero attached hydrogens (tertiary/aromatic N) is 9. The molecule has 5 heterocycles. The van der Waals surface area contributed by atoms with Crippen LogP contribution in [0.15, 0.2) is 60.9 Å². The Morgan fingerprint density at radius 1 is 1.03 bits per heavy atom. The maximum Gasteiger partial charge on any atom is 0.193 e. The summed E-state index contributed by atoms with van der Waals surface area (Å²) in [4.78, 5) is 25.1. The first-order valence-electron chi connectivity index (χ1n) is 11.5. The number of nitriles is 1. The summed E-state index contributed by atoms with van der Waals surface area (Å²) in [6.45, 7) is 2.05. The molecule has 0 aliphatic heterocycles. The van der Waals surface area contributed by atoms with Gasteiger partial charge in [0.15, 0.2) is 28.9 Å². The second-order valence-electron chi connectivity index (χ2n) is 8.46. The number of hydrogen-bond acceptors (Lipinski definition) is 9. The van der Waals surface area contributed by atoms with Crippen LogP contribution in [0.5, 0.6) is 0 Å². The number of anilines is 1. The number of halogens is 1. The van der Waals surface area contributed by atoms with Crippen LogP contribution in [-0.2, 0) is 6.54 Å². The number of nitrogen functional groups attached to an aromatic ring is 1. The van der Waals surface area contributed by atoms with Crippen LogP contribution < -0.4 is 5.73 Å². The Bertz CT molecular complexity index is 1830. The number of aromatic amines is 1. The Balaban J connectivity index is 1.31. The molecule has 5 aromatic heterocycles. The molecule has 0 unspecified atom stereocenters. The second-order valence-corrected chi connectivity index (χ2v) is 8.46. The summed E-state index contributed by atoms with van der Waals surface area (Å²) in [5.74, 6) is -0.330. The van der Waals surface area contributed by atoms with Gasteiger partial charge in [-0.1, -0.05) is 23.4 Å². The summed E-state index contributed by atoms with van der Waals surface area (Å²) < 4.78 is 16.5. The second kappa shape index (κ2) is 9.14. The van der Waals surface area contributed by atoms with E-state index in [1.807, 2.05) is 30.3 Å². The van der Waals surface area contributed by atoms with E-state index in [1.165, 1.54) is 4.68 Å². The van der Waals surface area contributed by atoms with Gasteiger partial charge in [0, 0.05) is 11.8 Å². The Kier molecular flexibility index (Phi) is 5.50. The molecule has 0 saturated carbocycles. The van der Waals surface area contributed by atoms with E-state index in [9.17, 15) is 9.65 Å². The number of benzene rings is 1. The van der Waals surface area contributed by atoms with Crippen LogP contribution in [0.3, 0.4) is 0 Å². The predicted molar refractivity (Wildman–Crippen MR) is 137 cm³/mol. The third-order valence-corrected chi connectivity index (χ3v) is 5.98. The van der Waals surface area contributed by atoms with E-state index < -0.39 is 5.82 Å². The van der Waals surface area contributed by atoms with Crippen molar-refractivity contribution in [3.63, 3.8) is 0 Å². The molecular formula is C26H18FN11. The molecule has 0 atom stereocenters. The highest BCUT2D eigenvalue weighted by atomic mass is 19.1. The van der Waals surface area contributed by atoms with Crippen molar-refractivity contribution >= 4 is 17.0 Å². The standard InChI is InChI=1S/C26H18FN11/c1-14-15(11-28)5-2-7-17(14)24-33-22(21(27)23(29)34-24)20-13-38(37-36-20)12-16-6-3-8-19(31-16)26-32-18-9-4-10-30-25(18)35-26/h2-10,13H,12H2,1H3,(H2,29,33,34)(H,30,32,35). The summed E-state index contributed by atoms with van der Waals surface area (Å²) in [7, 11) is 0. The van der Waals surface area contributed by atoms with Gasteiger partial charge in [-0.3, -0.25) is 0 Å². The number of nitrogens with one attached hydrogen (secondary N) is 1. The molecule has 6 rings (SSSR count). The molecule has 0 amide bonds. The molecule has 0 radical (unpaired) electrons. The number of rotatable bonds is 5. The fourth-order valence-corrected chi connectivity index (χ4v) is 4.07. The topological polar surface area (TPSA) is 161 Å². The van der Waals surface area contributed by atoms with E-state index in [-0.39, 0.29) is 29.6 Å². The van der Waals surface area contributed by atoms with Gasteiger partial charge in [0.2, 0.25) is 0 Å². The number of imidazole rings is 1. The van der Waals surface area contributed by atoms with Crippen LogP contribution >= 0.6 is 0 Å². The summed E-state index contributed by atoms with van der Waals surface area (Å²) in [6.07, 6.45) is 3.24. The van der Waals surface area contributed by atoms with Crippen LogP contribution in [0, 0.1) is 24.1 Å². The zero-order chi connectivity index (χ0) is 26.2. The van der Waals surface area contributed by atoms with Crippen LogP contribution in [0.25, 0.3) is 45.5 Å². The Hall–Kier alpha value is -5.57. The molecule has 0 spiro atoms. The quantitative estimate of drug-likeness (QED) is 0.357. The van der Waals surface area contributed by atoms with Crippen molar-refractivity contribution in [2.75, 3.05) is 5.73 Å². The first kappa shape index (κ1) is 22.9. The number of H-pyrrole nitrogens is 1. The van der Waals surface area contributed by atoms with Gasteiger partial charge in [-0.2, -0.15) is 5.26 Å². The van der Waals surface area contributed by atoms with Crippen molar-refractivity contribution in [3.05, 3.63) is 83.6 Å². The largest absolute Gasteiger partial charge is 0.381 e. The van der Waals surface area contributed by atoms with E-state index in [2.05, 4.69) is 46.3 Å². The van der Waals surface area contributed by atoms with Gasteiger partial charge in [-0.15, -0.1) is 5.10 Å². The number of pyridine rings is 2. The summed E-state index contributed by atoms with van der Waals surface area (Å²) in [5.41, 5.74) is 10.5. The van der Waals surface area contributed by atoms with E-state index >= 15 is 0 Å². The Morgan fingerprint density at radius 2 is 1.89 bits per heavy atom. The van der Waals surface area contributed by atoms with Crippen molar-refractivity contribution in [2.45, 2.75) is 13.5 Å². The van der Waals surface area contributed by atoms with Crippen LogP contribution in [0.4, 0.5) is 10.2 Å². The fraction of sp³-hybridized carbons (Fsp3) is 0.0769. The highest BCUT2D eigenvalue weighted by Crippen LogP contribution is 2.28. The van der Waals surface area contributed by atoms with E-state index in [4.69, 9.17) is 5.73 Å². The van der Waals surface area contributed by atoms with Crippen LogP contribution in [-0.4, -0.2) is 44.9 Å². The number of hydrogen-bond donors (Lipinski definition) is 2. The molecule has 11 nitrogen and oxygen atoms in total. The maximum atomic E-state index is 15.0. The lowest BCUT2D eigenvalue weighted by Gasteiger charge is -2.09. The third-order valence-electron chi connectivity index (χ3n) is 5.98. The molecule has 0 aliphatic carbocycles. The highest BCUT2D eigenvalue weighted by molar-refractivity contribution is 5.74. The average molecular weight is 504 g/mol. The van der Waals surface area contributed by atoms with Gasteiger partial charge >= 0.3 is 0 Å². The maximum absolute atomic E-state index is 15.0. The van der Waals surface area contributed by atoms with Crippen molar-refractivity contribution in [1.29, 1.82) is 5.26 Å². The average Bonchev–Trinajstić information content (AvgIpc) is 3.58. The summed E-state index contributed by atoms with van der Waals surface area (Å²) in [5, 5.41) is 17.6. The predicted octanol–water partition coefficient (Wildman–Crippen LogP) is 3.69. The van der Waals surface area contributed by atoms with Crippen molar-refractivity contribution in [1.82, 2.24) is 44.9 Å². The molecule has 0 fully saturated rings. The molecule has 6 aromatic rings. The van der Waals surface area contributed by atoms with Gasteiger partial charge < -0.3 is 10.7 Å². The zero-order valence-electron chi connectivity index (χ0n) is 20.0. The molecule has 38 heavy (non-hydrogen) atoms. The van der Waals surface area contributed by atoms with Crippen molar-refractivity contribution in [3.8, 4) is 40.4 Å². The van der Waals surface area contributed by atoms with Crippen molar-refractivity contribution < 1.29 is 4.39 Å². The molecule has 12 heteroatoms. The van der Waals surface area contributed by atoms with E-state index in [1.54, 1.807) is 37.5 Å². The lowest BCUT2D eigenvalue weighted by atomic mass is 10.0. The number of aromatic nitrogens is 9. The molecule has 184 valence electrons. The minimum absolute atomic E-state index is 0.0861. The van der Waals surface area contributed by atoms with Gasteiger partial charge in [0.1, 0.15) is 17.1 Å². The Morgan fingerprint density at radius 3 is 2.74 bits per heavy atom. The molecule has 0 aliphatic rings. The zero-order valence-corrected chi connectivity index (χ0v) is 20.0. The molecule has 1 aromatic carbocycles. The summed E-state index contributed by atoms with van der Waals surface area (Å²) >= 11 is 0. The van der Waals surface area contributed by atoms with Crippen molar-refractivity contribution in [2.24, 2.45) is 0 Å². The normalized spacial score (nSPS) is 11.1.